The Hall–Kier alpha value is -1.69. The van der Waals surface area contributed by atoms with Gasteiger partial charge in [-0.15, -0.1) is 0 Å². The van der Waals surface area contributed by atoms with Gasteiger partial charge in [0.25, 0.3) is 0 Å². The average molecular weight is 296 g/mol. The molecule has 0 radical (unpaired) electrons. The number of aromatic nitrogens is 2. The molecule has 0 saturated carbocycles. The third-order valence-electron chi connectivity index (χ3n) is 2.66. The zero-order chi connectivity index (χ0) is 12.0. The molecule has 0 fully saturated rings. The van der Waals surface area contributed by atoms with E-state index in [4.69, 9.17) is 15.2 Å². The highest BCUT2D eigenvalue weighted by Crippen LogP contribution is 2.39. The minimum absolute atomic E-state index is 0.271. The largest absolute Gasteiger partial charge is 0.454 e. The molecule has 5 nitrogen and oxygen atoms in total. The normalized spacial score (nSPS) is 13.1. The molecule has 1 aromatic heterocycles. The highest BCUT2D eigenvalue weighted by molar-refractivity contribution is 9.10. The van der Waals surface area contributed by atoms with Gasteiger partial charge in [0, 0.05) is 12.6 Å². The first-order valence-corrected chi connectivity index (χ1v) is 5.84. The molecule has 0 saturated heterocycles. The van der Waals surface area contributed by atoms with Gasteiger partial charge in [0.2, 0.25) is 6.79 Å². The monoisotopic (exact) mass is 295 g/mol. The number of aryl methyl sites for hydroxylation is 1. The van der Waals surface area contributed by atoms with Crippen LogP contribution < -0.4 is 15.2 Å². The fourth-order valence-corrected chi connectivity index (χ4v) is 2.44. The molecule has 1 aromatic carbocycles. The quantitative estimate of drug-likeness (QED) is 0.876. The minimum atomic E-state index is 0.271. The summed E-state index contributed by atoms with van der Waals surface area (Å²) in [4.78, 5) is 0. The molecule has 0 atom stereocenters. The molecular formula is C11H10BrN3O2. The Morgan fingerprint density at radius 3 is 2.82 bits per heavy atom. The van der Waals surface area contributed by atoms with Gasteiger partial charge in [0.15, 0.2) is 17.3 Å². The van der Waals surface area contributed by atoms with Crippen molar-refractivity contribution < 1.29 is 9.47 Å². The Morgan fingerprint density at radius 1 is 1.35 bits per heavy atom. The molecule has 6 heteroatoms. The lowest BCUT2D eigenvalue weighted by molar-refractivity contribution is 0.174. The third-order valence-corrected chi connectivity index (χ3v) is 3.44. The van der Waals surface area contributed by atoms with Crippen LogP contribution in [0.3, 0.4) is 0 Å². The van der Waals surface area contributed by atoms with Gasteiger partial charge in [-0.2, -0.15) is 5.10 Å². The zero-order valence-electron chi connectivity index (χ0n) is 9.11. The highest BCUT2D eigenvalue weighted by atomic mass is 79.9. The zero-order valence-corrected chi connectivity index (χ0v) is 10.7. The molecule has 2 heterocycles. The molecule has 0 bridgehead atoms. The van der Waals surface area contributed by atoms with Gasteiger partial charge in [-0.05, 0) is 34.1 Å². The van der Waals surface area contributed by atoms with Gasteiger partial charge in [-0.3, -0.25) is 4.68 Å². The van der Waals surface area contributed by atoms with Gasteiger partial charge in [0.1, 0.15) is 0 Å². The van der Waals surface area contributed by atoms with E-state index in [1.54, 1.807) is 4.68 Å². The lowest BCUT2D eigenvalue weighted by atomic mass is 10.1. The molecule has 88 valence electrons. The molecule has 0 aliphatic carbocycles. The number of ether oxygens (including phenoxy) is 2. The van der Waals surface area contributed by atoms with Crippen molar-refractivity contribution in [1.29, 1.82) is 0 Å². The summed E-state index contributed by atoms with van der Waals surface area (Å²) in [6.45, 7) is 0.271. The lowest BCUT2D eigenvalue weighted by Crippen LogP contribution is -1.94. The number of anilines is 1. The van der Waals surface area contributed by atoms with Gasteiger partial charge < -0.3 is 15.2 Å². The first kappa shape index (κ1) is 10.5. The molecule has 2 aromatic rings. The van der Waals surface area contributed by atoms with E-state index in [1.165, 1.54) is 0 Å². The van der Waals surface area contributed by atoms with Gasteiger partial charge in [-0.1, -0.05) is 0 Å². The Bertz CT molecular complexity index is 595. The maximum atomic E-state index is 5.76. The summed E-state index contributed by atoms with van der Waals surface area (Å²) in [5, 5.41) is 4.16. The van der Waals surface area contributed by atoms with E-state index >= 15 is 0 Å². The van der Waals surface area contributed by atoms with Crippen LogP contribution >= 0.6 is 15.9 Å². The number of nitrogens with two attached hydrogens (primary N) is 1. The SMILES string of the molecule is Cn1nc(N)c(Br)c1-c1ccc2c(c1)OCO2. The summed E-state index contributed by atoms with van der Waals surface area (Å²) < 4.78 is 13.1. The van der Waals surface area contributed by atoms with E-state index in [0.717, 1.165) is 27.2 Å². The number of hydrogen-bond acceptors (Lipinski definition) is 4. The van der Waals surface area contributed by atoms with Crippen molar-refractivity contribution in [3.8, 4) is 22.8 Å². The molecule has 0 spiro atoms. The molecule has 3 rings (SSSR count). The number of fused-ring (bicyclic) bond motifs is 1. The number of nitrogen functional groups attached to an aromatic ring is 1. The number of rotatable bonds is 1. The van der Waals surface area contributed by atoms with Crippen LogP contribution in [0.4, 0.5) is 5.82 Å². The Kier molecular flexibility index (Phi) is 2.25. The number of benzene rings is 1. The standard InChI is InChI=1S/C11H10BrN3O2/c1-15-10(9(12)11(13)14-15)6-2-3-7-8(4-6)17-5-16-7/h2-4H,5H2,1H3,(H2,13,14). The molecule has 0 unspecified atom stereocenters. The summed E-state index contributed by atoms with van der Waals surface area (Å²) in [6.07, 6.45) is 0. The summed E-state index contributed by atoms with van der Waals surface area (Å²) in [5.74, 6) is 1.98. The topological polar surface area (TPSA) is 62.3 Å². The van der Waals surface area contributed by atoms with Crippen LogP contribution in [-0.4, -0.2) is 16.6 Å². The second kappa shape index (κ2) is 3.66. The fourth-order valence-electron chi connectivity index (χ4n) is 1.88. The first-order valence-electron chi connectivity index (χ1n) is 5.05. The first-order chi connectivity index (χ1) is 8.16. The van der Waals surface area contributed by atoms with Crippen molar-refractivity contribution in [2.75, 3.05) is 12.5 Å². The minimum Gasteiger partial charge on any atom is -0.454 e. The van der Waals surface area contributed by atoms with Crippen LogP contribution in [0.25, 0.3) is 11.3 Å². The van der Waals surface area contributed by atoms with E-state index in [1.807, 2.05) is 25.2 Å². The second-order valence-electron chi connectivity index (χ2n) is 3.74. The molecule has 1 aliphatic rings. The summed E-state index contributed by atoms with van der Waals surface area (Å²) in [5.41, 5.74) is 7.65. The van der Waals surface area contributed by atoms with E-state index in [-0.39, 0.29) is 6.79 Å². The third kappa shape index (κ3) is 1.56. The predicted octanol–water partition coefficient (Wildman–Crippen LogP) is 2.16. The van der Waals surface area contributed by atoms with Gasteiger partial charge in [-0.25, -0.2) is 0 Å². The molecule has 1 aliphatic heterocycles. The van der Waals surface area contributed by atoms with Crippen LogP contribution in [0, 0.1) is 0 Å². The Morgan fingerprint density at radius 2 is 2.12 bits per heavy atom. The number of hydrogen-bond donors (Lipinski definition) is 1. The van der Waals surface area contributed by atoms with Crippen LogP contribution in [0.5, 0.6) is 11.5 Å². The van der Waals surface area contributed by atoms with Crippen molar-refractivity contribution in [2.24, 2.45) is 7.05 Å². The number of nitrogens with zero attached hydrogens (tertiary/aromatic N) is 2. The van der Waals surface area contributed by atoms with E-state index in [9.17, 15) is 0 Å². The van der Waals surface area contributed by atoms with Crippen molar-refractivity contribution in [3.63, 3.8) is 0 Å². The van der Waals surface area contributed by atoms with Gasteiger partial charge >= 0.3 is 0 Å². The smallest absolute Gasteiger partial charge is 0.231 e. The van der Waals surface area contributed by atoms with Crippen LogP contribution in [-0.2, 0) is 7.05 Å². The molecule has 2 N–H and O–H groups in total. The van der Waals surface area contributed by atoms with Crippen molar-refractivity contribution in [1.82, 2.24) is 9.78 Å². The molecule has 0 amide bonds. The Balaban J connectivity index is 2.15. The van der Waals surface area contributed by atoms with E-state index in [2.05, 4.69) is 21.0 Å². The van der Waals surface area contributed by atoms with E-state index in [0.29, 0.717) is 5.82 Å². The van der Waals surface area contributed by atoms with Crippen molar-refractivity contribution >= 4 is 21.7 Å². The summed E-state index contributed by atoms with van der Waals surface area (Å²) in [6, 6.07) is 5.76. The van der Waals surface area contributed by atoms with Crippen molar-refractivity contribution in [3.05, 3.63) is 22.7 Å². The number of halogens is 1. The maximum Gasteiger partial charge on any atom is 0.231 e. The van der Waals surface area contributed by atoms with Crippen LogP contribution in [0.15, 0.2) is 22.7 Å². The average Bonchev–Trinajstić information content (AvgIpc) is 2.84. The molecule has 17 heavy (non-hydrogen) atoms. The van der Waals surface area contributed by atoms with Crippen LogP contribution in [0.1, 0.15) is 0 Å². The van der Waals surface area contributed by atoms with Crippen LogP contribution in [0.2, 0.25) is 0 Å². The van der Waals surface area contributed by atoms with E-state index < -0.39 is 0 Å². The predicted molar refractivity (Wildman–Crippen MR) is 66.9 cm³/mol. The lowest BCUT2D eigenvalue weighted by Gasteiger charge is -2.04. The summed E-state index contributed by atoms with van der Waals surface area (Å²) >= 11 is 3.44. The van der Waals surface area contributed by atoms with Crippen molar-refractivity contribution in [2.45, 2.75) is 0 Å². The summed E-state index contributed by atoms with van der Waals surface area (Å²) in [7, 11) is 1.85. The second-order valence-corrected chi connectivity index (χ2v) is 4.53. The fraction of sp³-hybridized carbons (Fsp3) is 0.182. The molecular weight excluding hydrogens is 286 g/mol. The maximum absolute atomic E-state index is 5.76. The Labute approximate surface area is 106 Å². The highest BCUT2D eigenvalue weighted by Gasteiger charge is 2.18. The van der Waals surface area contributed by atoms with Gasteiger partial charge in [0.05, 0.1) is 10.2 Å².